The minimum atomic E-state index is -0.414. The first-order chi connectivity index (χ1) is 8.54. The van der Waals surface area contributed by atoms with Crippen LogP contribution in [-0.4, -0.2) is 10.1 Å². The molecular weight excluding hydrogens is 242 g/mol. The fourth-order valence-electron chi connectivity index (χ4n) is 1.79. The van der Waals surface area contributed by atoms with Crippen molar-refractivity contribution in [2.75, 3.05) is 0 Å². The first-order valence-electron chi connectivity index (χ1n) is 5.96. The molecule has 2 aromatic rings. The lowest BCUT2D eigenvalue weighted by Gasteiger charge is -2.07. The molecular formula is C15H17NOS. The first-order valence-corrected chi connectivity index (χ1v) is 6.77. The van der Waals surface area contributed by atoms with Gasteiger partial charge >= 0.3 is 0 Å². The molecule has 1 atom stereocenters. The van der Waals surface area contributed by atoms with Gasteiger partial charge in [0.25, 0.3) is 0 Å². The Kier molecular flexibility index (Phi) is 4.04. The molecule has 0 aliphatic carbocycles. The largest absolute Gasteiger partial charge is 0.389 e. The number of nitrogens with zero attached hydrogens (tertiary/aromatic N) is 1. The minimum Gasteiger partial charge on any atom is -0.389 e. The van der Waals surface area contributed by atoms with E-state index in [-0.39, 0.29) is 0 Å². The van der Waals surface area contributed by atoms with Crippen molar-refractivity contribution in [2.45, 2.75) is 36.8 Å². The van der Waals surface area contributed by atoms with E-state index >= 15 is 0 Å². The number of aliphatic hydroxyl groups is 1. The van der Waals surface area contributed by atoms with Gasteiger partial charge < -0.3 is 5.11 Å². The monoisotopic (exact) mass is 259 g/mol. The third-order valence-corrected chi connectivity index (χ3v) is 3.59. The molecule has 0 aliphatic rings. The molecule has 2 nitrogen and oxygen atoms in total. The van der Waals surface area contributed by atoms with Crippen molar-refractivity contribution in [2.24, 2.45) is 0 Å². The minimum absolute atomic E-state index is 0.414. The van der Waals surface area contributed by atoms with Gasteiger partial charge in [-0.25, -0.2) is 4.98 Å². The smallest absolute Gasteiger partial charge is 0.101 e. The maximum atomic E-state index is 9.46. The van der Waals surface area contributed by atoms with E-state index in [1.54, 1.807) is 18.7 Å². The van der Waals surface area contributed by atoms with E-state index in [0.29, 0.717) is 0 Å². The van der Waals surface area contributed by atoms with Crippen molar-refractivity contribution in [3.63, 3.8) is 0 Å². The number of aryl methyl sites for hydroxylation is 2. The average molecular weight is 259 g/mol. The summed E-state index contributed by atoms with van der Waals surface area (Å²) in [6, 6.07) is 12.1. The molecule has 0 aliphatic heterocycles. The van der Waals surface area contributed by atoms with Crippen LogP contribution < -0.4 is 0 Å². The summed E-state index contributed by atoms with van der Waals surface area (Å²) < 4.78 is 0. The molecule has 0 saturated heterocycles. The van der Waals surface area contributed by atoms with Crippen molar-refractivity contribution < 1.29 is 5.11 Å². The van der Waals surface area contributed by atoms with Crippen LogP contribution in [0.4, 0.5) is 0 Å². The van der Waals surface area contributed by atoms with Gasteiger partial charge in [-0.1, -0.05) is 23.9 Å². The molecule has 94 valence electrons. The van der Waals surface area contributed by atoms with E-state index in [1.807, 2.05) is 31.2 Å². The Balaban J connectivity index is 2.18. The summed E-state index contributed by atoms with van der Waals surface area (Å²) in [5.74, 6) is 0. The van der Waals surface area contributed by atoms with Crippen molar-refractivity contribution in [3.8, 4) is 0 Å². The van der Waals surface area contributed by atoms with Gasteiger partial charge in [-0.05, 0) is 56.2 Å². The fourth-order valence-corrected chi connectivity index (χ4v) is 2.74. The van der Waals surface area contributed by atoms with Crippen LogP contribution in [0, 0.1) is 13.8 Å². The van der Waals surface area contributed by atoms with Crippen molar-refractivity contribution in [1.82, 2.24) is 4.98 Å². The van der Waals surface area contributed by atoms with E-state index < -0.39 is 6.10 Å². The molecule has 2 rings (SSSR count). The lowest BCUT2D eigenvalue weighted by Crippen LogP contribution is -1.90. The zero-order valence-electron chi connectivity index (χ0n) is 10.8. The van der Waals surface area contributed by atoms with Gasteiger partial charge in [-0.2, -0.15) is 0 Å². The zero-order chi connectivity index (χ0) is 13.1. The Hall–Kier alpha value is -1.32. The Labute approximate surface area is 112 Å². The first kappa shape index (κ1) is 13.1. The lowest BCUT2D eigenvalue weighted by molar-refractivity contribution is 0.199. The molecule has 0 bridgehead atoms. The van der Waals surface area contributed by atoms with Crippen LogP contribution in [0.3, 0.4) is 0 Å². The summed E-state index contributed by atoms with van der Waals surface area (Å²) in [5, 5.41) is 10.5. The normalized spacial score (nSPS) is 12.4. The summed E-state index contributed by atoms with van der Waals surface area (Å²) in [5.41, 5.74) is 3.21. The van der Waals surface area contributed by atoms with Crippen molar-refractivity contribution >= 4 is 11.8 Å². The molecule has 0 amide bonds. The molecule has 1 N–H and O–H groups in total. The average Bonchev–Trinajstić information content (AvgIpc) is 2.28. The van der Waals surface area contributed by atoms with Crippen LogP contribution in [-0.2, 0) is 0 Å². The van der Waals surface area contributed by atoms with E-state index in [0.717, 1.165) is 21.2 Å². The van der Waals surface area contributed by atoms with Crippen LogP contribution in [0.25, 0.3) is 0 Å². The van der Waals surface area contributed by atoms with Crippen molar-refractivity contribution in [3.05, 3.63) is 53.2 Å². The SMILES string of the molecule is Cc1cc(C)nc(Sc2ccc([C@H](C)O)cc2)c1. The van der Waals surface area contributed by atoms with Crippen LogP contribution >= 0.6 is 11.8 Å². The predicted molar refractivity (Wildman–Crippen MR) is 74.9 cm³/mol. The molecule has 0 spiro atoms. The molecule has 0 saturated carbocycles. The van der Waals surface area contributed by atoms with Gasteiger partial charge in [0.1, 0.15) is 5.03 Å². The molecule has 18 heavy (non-hydrogen) atoms. The number of hydrogen-bond donors (Lipinski definition) is 1. The zero-order valence-corrected chi connectivity index (χ0v) is 11.7. The van der Waals surface area contributed by atoms with Gasteiger partial charge in [0.15, 0.2) is 0 Å². The number of aliphatic hydroxyl groups excluding tert-OH is 1. The van der Waals surface area contributed by atoms with E-state index in [1.165, 1.54) is 5.56 Å². The second kappa shape index (κ2) is 5.55. The van der Waals surface area contributed by atoms with Crippen LogP contribution in [0.1, 0.15) is 29.8 Å². The number of hydrogen-bond acceptors (Lipinski definition) is 3. The van der Waals surface area contributed by atoms with E-state index in [4.69, 9.17) is 0 Å². The standard InChI is InChI=1S/C15H17NOS/c1-10-8-11(2)16-15(9-10)18-14-6-4-13(5-7-14)12(3)17/h4-9,12,17H,1-3H3/t12-/m0/s1. The number of benzene rings is 1. The van der Waals surface area contributed by atoms with Gasteiger partial charge in [0.2, 0.25) is 0 Å². The highest BCUT2D eigenvalue weighted by molar-refractivity contribution is 7.99. The van der Waals surface area contributed by atoms with Crippen molar-refractivity contribution in [1.29, 1.82) is 0 Å². The van der Waals surface area contributed by atoms with E-state index in [9.17, 15) is 5.11 Å². The maximum absolute atomic E-state index is 9.46. The number of rotatable bonds is 3. The van der Waals surface area contributed by atoms with Gasteiger partial charge in [0.05, 0.1) is 6.10 Å². The number of aromatic nitrogens is 1. The Morgan fingerprint density at radius 2 is 1.78 bits per heavy atom. The molecule has 1 aromatic heterocycles. The third kappa shape index (κ3) is 3.34. The molecule has 0 radical (unpaired) electrons. The highest BCUT2D eigenvalue weighted by Crippen LogP contribution is 2.28. The van der Waals surface area contributed by atoms with Crippen LogP contribution in [0.2, 0.25) is 0 Å². The molecule has 1 heterocycles. The van der Waals surface area contributed by atoms with Crippen LogP contribution in [0.15, 0.2) is 46.3 Å². The quantitative estimate of drug-likeness (QED) is 0.907. The Morgan fingerprint density at radius 3 is 2.33 bits per heavy atom. The molecule has 0 fully saturated rings. The molecule has 0 unspecified atom stereocenters. The Morgan fingerprint density at radius 1 is 1.11 bits per heavy atom. The third-order valence-electron chi connectivity index (χ3n) is 2.66. The summed E-state index contributed by atoms with van der Waals surface area (Å²) in [6.07, 6.45) is -0.414. The summed E-state index contributed by atoms with van der Waals surface area (Å²) in [4.78, 5) is 5.64. The summed E-state index contributed by atoms with van der Waals surface area (Å²) >= 11 is 1.64. The predicted octanol–water partition coefficient (Wildman–Crippen LogP) is 3.90. The Bertz CT molecular complexity index is 514. The fraction of sp³-hybridized carbons (Fsp3) is 0.267. The highest BCUT2D eigenvalue weighted by atomic mass is 32.2. The highest BCUT2D eigenvalue weighted by Gasteiger charge is 2.03. The lowest BCUT2D eigenvalue weighted by atomic mass is 10.1. The summed E-state index contributed by atoms with van der Waals surface area (Å²) in [6.45, 7) is 5.86. The second-order valence-corrected chi connectivity index (χ2v) is 5.56. The second-order valence-electron chi connectivity index (χ2n) is 4.47. The van der Waals surface area contributed by atoms with Gasteiger partial charge in [-0.15, -0.1) is 0 Å². The number of pyridine rings is 1. The summed E-state index contributed by atoms with van der Waals surface area (Å²) in [7, 11) is 0. The maximum Gasteiger partial charge on any atom is 0.101 e. The van der Waals surface area contributed by atoms with Crippen LogP contribution in [0.5, 0.6) is 0 Å². The van der Waals surface area contributed by atoms with Gasteiger partial charge in [-0.3, -0.25) is 0 Å². The van der Waals surface area contributed by atoms with Gasteiger partial charge in [0, 0.05) is 10.6 Å². The topological polar surface area (TPSA) is 33.1 Å². The molecule has 3 heteroatoms. The van der Waals surface area contributed by atoms with E-state index in [2.05, 4.69) is 24.0 Å². The molecule has 1 aromatic carbocycles.